The summed E-state index contributed by atoms with van der Waals surface area (Å²) < 4.78 is 15.6. The average Bonchev–Trinajstić information content (AvgIpc) is 2.99. The molecule has 4 rings (SSSR count). The van der Waals surface area contributed by atoms with Crippen LogP contribution in [0.1, 0.15) is 5.56 Å². The van der Waals surface area contributed by atoms with Crippen molar-refractivity contribution in [3.8, 4) is 16.8 Å². The maximum Gasteiger partial charge on any atom is 0.128 e. The Labute approximate surface area is 133 Å². The Morgan fingerprint density at radius 1 is 0.870 bits per heavy atom. The second kappa shape index (κ2) is 5.36. The molecule has 0 aliphatic rings. The molecule has 0 aliphatic carbocycles. The van der Waals surface area contributed by atoms with Crippen LogP contribution in [0.15, 0.2) is 73.1 Å². The normalized spacial score (nSPS) is 11.0. The minimum absolute atomic E-state index is 0.220. The lowest BCUT2D eigenvalue weighted by atomic mass is 10.1. The molecule has 2 nitrogen and oxygen atoms in total. The van der Waals surface area contributed by atoms with Crippen molar-refractivity contribution in [1.82, 2.24) is 9.55 Å². The highest BCUT2D eigenvalue weighted by atomic mass is 19.1. The maximum absolute atomic E-state index is 13.7. The molecule has 0 fully saturated rings. The zero-order chi connectivity index (χ0) is 15.8. The molecule has 0 unspecified atom stereocenters. The largest absolute Gasteiger partial charge is 0.299 e. The molecule has 0 bridgehead atoms. The lowest BCUT2D eigenvalue weighted by molar-refractivity contribution is 0.620. The van der Waals surface area contributed by atoms with Gasteiger partial charge in [-0.15, -0.1) is 0 Å². The predicted molar refractivity (Wildman–Crippen MR) is 91.2 cm³/mol. The second-order valence-electron chi connectivity index (χ2n) is 5.62. The number of imidazole rings is 1. The molecule has 0 atom stereocenters. The van der Waals surface area contributed by atoms with Crippen LogP contribution < -0.4 is 0 Å². The van der Waals surface area contributed by atoms with Crippen molar-refractivity contribution in [2.24, 2.45) is 0 Å². The Kier molecular flexibility index (Phi) is 3.19. The van der Waals surface area contributed by atoms with Crippen molar-refractivity contribution in [2.75, 3.05) is 0 Å². The summed E-state index contributed by atoms with van der Waals surface area (Å²) in [6, 6.07) is 21.9. The number of aryl methyl sites for hydroxylation is 1. The molecule has 3 aromatic carbocycles. The van der Waals surface area contributed by atoms with Gasteiger partial charge >= 0.3 is 0 Å². The molecular formula is C20H15FN2. The van der Waals surface area contributed by atoms with Gasteiger partial charge in [0.05, 0.1) is 11.0 Å². The van der Waals surface area contributed by atoms with Gasteiger partial charge in [-0.05, 0) is 41.8 Å². The molecule has 3 heteroatoms. The molecular weight excluding hydrogens is 287 g/mol. The van der Waals surface area contributed by atoms with E-state index in [2.05, 4.69) is 41.4 Å². The number of nitrogens with zero attached hydrogens (tertiary/aromatic N) is 2. The first-order valence-corrected chi connectivity index (χ1v) is 7.51. The standard InChI is InChI=1S/C20H15FN2/c1-14-11-20-19(12-18(14)21)22-13-23(20)17-9-7-16(8-10-17)15-5-3-2-4-6-15/h2-13H,1H3. The van der Waals surface area contributed by atoms with E-state index in [4.69, 9.17) is 0 Å². The fourth-order valence-electron chi connectivity index (χ4n) is 2.79. The number of halogens is 1. The van der Waals surface area contributed by atoms with Crippen molar-refractivity contribution < 1.29 is 4.39 Å². The van der Waals surface area contributed by atoms with Crippen LogP contribution in [0.5, 0.6) is 0 Å². The maximum atomic E-state index is 13.7. The van der Waals surface area contributed by atoms with Crippen molar-refractivity contribution >= 4 is 11.0 Å². The third-order valence-electron chi connectivity index (χ3n) is 4.08. The third-order valence-corrected chi connectivity index (χ3v) is 4.08. The van der Waals surface area contributed by atoms with Crippen LogP contribution in [-0.4, -0.2) is 9.55 Å². The summed E-state index contributed by atoms with van der Waals surface area (Å²) in [5.41, 5.74) is 5.57. The van der Waals surface area contributed by atoms with Crippen LogP contribution >= 0.6 is 0 Å². The predicted octanol–water partition coefficient (Wildman–Crippen LogP) is 5.14. The van der Waals surface area contributed by atoms with E-state index in [0.717, 1.165) is 11.2 Å². The van der Waals surface area contributed by atoms with Crippen LogP contribution in [0, 0.1) is 12.7 Å². The number of hydrogen-bond donors (Lipinski definition) is 0. The topological polar surface area (TPSA) is 17.8 Å². The van der Waals surface area contributed by atoms with E-state index < -0.39 is 0 Å². The number of aromatic nitrogens is 2. The Bertz CT molecular complexity index is 970. The second-order valence-corrected chi connectivity index (χ2v) is 5.62. The minimum atomic E-state index is -0.220. The summed E-state index contributed by atoms with van der Waals surface area (Å²) in [6.07, 6.45) is 1.74. The van der Waals surface area contributed by atoms with Gasteiger partial charge in [-0.25, -0.2) is 9.37 Å². The van der Waals surface area contributed by atoms with Gasteiger partial charge in [0.15, 0.2) is 0 Å². The van der Waals surface area contributed by atoms with E-state index in [1.165, 1.54) is 17.2 Å². The van der Waals surface area contributed by atoms with Gasteiger partial charge in [-0.2, -0.15) is 0 Å². The quantitative estimate of drug-likeness (QED) is 0.501. The summed E-state index contributed by atoms with van der Waals surface area (Å²) in [6.45, 7) is 1.77. The smallest absolute Gasteiger partial charge is 0.128 e. The van der Waals surface area contributed by atoms with E-state index in [9.17, 15) is 4.39 Å². The van der Waals surface area contributed by atoms with Crippen LogP contribution in [0.4, 0.5) is 4.39 Å². The van der Waals surface area contributed by atoms with Crippen molar-refractivity contribution in [3.05, 3.63) is 84.4 Å². The molecule has 0 aliphatic heterocycles. The first-order chi connectivity index (χ1) is 11.2. The van der Waals surface area contributed by atoms with Gasteiger partial charge in [-0.3, -0.25) is 4.57 Å². The Hall–Kier alpha value is -2.94. The van der Waals surface area contributed by atoms with E-state index in [0.29, 0.717) is 11.1 Å². The first-order valence-electron chi connectivity index (χ1n) is 7.51. The summed E-state index contributed by atoms with van der Waals surface area (Å²) in [5, 5.41) is 0. The average molecular weight is 302 g/mol. The molecule has 0 saturated carbocycles. The third kappa shape index (κ3) is 2.40. The SMILES string of the molecule is Cc1cc2c(cc1F)ncn2-c1ccc(-c2ccccc2)cc1. The highest BCUT2D eigenvalue weighted by Crippen LogP contribution is 2.24. The summed E-state index contributed by atoms with van der Waals surface area (Å²) in [5.74, 6) is -0.220. The summed E-state index contributed by atoms with van der Waals surface area (Å²) in [7, 11) is 0. The van der Waals surface area contributed by atoms with Crippen LogP contribution in [-0.2, 0) is 0 Å². The molecule has 1 heterocycles. The van der Waals surface area contributed by atoms with E-state index in [1.54, 1.807) is 13.3 Å². The molecule has 112 valence electrons. The molecule has 0 spiro atoms. The van der Waals surface area contributed by atoms with E-state index in [1.807, 2.05) is 28.8 Å². The number of hydrogen-bond acceptors (Lipinski definition) is 1. The van der Waals surface area contributed by atoms with Gasteiger partial charge in [0.2, 0.25) is 0 Å². The molecule has 0 amide bonds. The Morgan fingerprint density at radius 3 is 2.30 bits per heavy atom. The van der Waals surface area contributed by atoms with Crippen molar-refractivity contribution in [2.45, 2.75) is 6.92 Å². The number of fused-ring (bicyclic) bond motifs is 1. The van der Waals surface area contributed by atoms with Gasteiger partial charge in [0, 0.05) is 11.8 Å². The van der Waals surface area contributed by atoms with Crippen molar-refractivity contribution in [3.63, 3.8) is 0 Å². The number of benzene rings is 3. The molecule has 1 aromatic heterocycles. The summed E-state index contributed by atoms with van der Waals surface area (Å²) in [4.78, 5) is 4.30. The lowest BCUT2D eigenvalue weighted by Gasteiger charge is -2.07. The van der Waals surface area contributed by atoms with Crippen LogP contribution in [0.25, 0.3) is 27.8 Å². The molecule has 0 saturated heterocycles. The zero-order valence-corrected chi connectivity index (χ0v) is 12.7. The zero-order valence-electron chi connectivity index (χ0n) is 12.7. The highest BCUT2D eigenvalue weighted by molar-refractivity contribution is 5.78. The van der Waals surface area contributed by atoms with E-state index >= 15 is 0 Å². The highest BCUT2D eigenvalue weighted by Gasteiger charge is 2.08. The monoisotopic (exact) mass is 302 g/mol. The van der Waals surface area contributed by atoms with Gasteiger partial charge in [0.25, 0.3) is 0 Å². The summed E-state index contributed by atoms with van der Waals surface area (Å²) >= 11 is 0. The van der Waals surface area contributed by atoms with Gasteiger partial charge < -0.3 is 0 Å². The molecule has 0 N–H and O–H groups in total. The van der Waals surface area contributed by atoms with Gasteiger partial charge in [0.1, 0.15) is 12.1 Å². The van der Waals surface area contributed by atoms with Crippen molar-refractivity contribution in [1.29, 1.82) is 0 Å². The minimum Gasteiger partial charge on any atom is -0.299 e. The Morgan fingerprint density at radius 2 is 1.57 bits per heavy atom. The van der Waals surface area contributed by atoms with E-state index in [-0.39, 0.29) is 5.82 Å². The van der Waals surface area contributed by atoms with Gasteiger partial charge in [-0.1, -0.05) is 42.5 Å². The van der Waals surface area contributed by atoms with Crippen LogP contribution in [0.2, 0.25) is 0 Å². The molecule has 23 heavy (non-hydrogen) atoms. The first kappa shape index (κ1) is 13.7. The fraction of sp³-hybridized carbons (Fsp3) is 0.0500. The molecule has 4 aromatic rings. The Balaban J connectivity index is 1.78. The number of rotatable bonds is 2. The van der Waals surface area contributed by atoms with Crippen LogP contribution in [0.3, 0.4) is 0 Å². The lowest BCUT2D eigenvalue weighted by Crippen LogP contribution is -1.93. The molecule has 0 radical (unpaired) electrons. The fourth-order valence-corrected chi connectivity index (χ4v) is 2.79.